The summed E-state index contributed by atoms with van der Waals surface area (Å²) in [6, 6.07) is 7.22. The molecule has 4 aromatic rings. The number of thiazole rings is 1. The molecule has 8 heteroatoms. The van der Waals surface area contributed by atoms with Crippen LogP contribution in [0, 0.1) is 6.92 Å². The Morgan fingerprint density at radius 2 is 2.20 bits per heavy atom. The third kappa shape index (κ3) is 3.16. The van der Waals surface area contributed by atoms with E-state index in [2.05, 4.69) is 15.3 Å². The van der Waals surface area contributed by atoms with Gasteiger partial charge in [-0.05, 0) is 31.2 Å². The first-order chi connectivity index (χ1) is 12.1. The van der Waals surface area contributed by atoms with E-state index in [4.69, 9.17) is 16.0 Å². The molecule has 25 heavy (non-hydrogen) atoms. The lowest BCUT2D eigenvalue weighted by atomic mass is 10.3. The zero-order valence-corrected chi connectivity index (χ0v) is 14.8. The van der Waals surface area contributed by atoms with E-state index in [1.54, 1.807) is 24.6 Å². The van der Waals surface area contributed by atoms with Gasteiger partial charge in [0.2, 0.25) is 0 Å². The highest BCUT2D eigenvalue weighted by Crippen LogP contribution is 2.27. The molecule has 4 rings (SSSR count). The first-order valence-electron chi connectivity index (χ1n) is 7.53. The molecule has 0 aliphatic rings. The summed E-state index contributed by atoms with van der Waals surface area (Å²) in [5, 5.41) is 4.17. The number of hydrogen-bond acceptors (Lipinski definition) is 5. The molecule has 0 saturated carbocycles. The molecule has 0 saturated heterocycles. The number of halogens is 1. The summed E-state index contributed by atoms with van der Waals surface area (Å²) in [6.45, 7) is 2.18. The fourth-order valence-corrected chi connectivity index (χ4v) is 3.52. The average Bonchev–Trinajstić information content (AvgIpc) is 3.30. The van der Waals surface area contributed by atoms with Crippen molar-refractivity contribution in [3.05, 3.63) is 64.2 Å². The number of amides is 1. The first kappa shape index (κ1) is 15.9. The maximum absolute atomic E-state index is 12.4. The normalized spacial score (nSPS) is 11.1. The minimum absolute atomic E-state index is 0.235. The van der Waals surface area contributed by atoms with Crippen molar-refractivity contribution in [2.75, 3.05) is 0 Å². The van der Waals surface area contributed by atoms with Gasteiger partial charge in [-0.1, -0.05) is 11.6 Å². The van der Waals surface area contributed by atoms with E-state index in [1.165, 1.54) is 11.3 Å². The Balaban J connectivity index is 1.50. The predicted octanol–water partition coefficient (Wildman–Crippen LogP) is 3.94. The number of imidazole rings is 1. The van der Waals surface area contributed by atoms with Crippen LogP contribution in [0.1, 0.15) is 21.1 Å². The highest BCUT2D eigenvalue weighted by atomic mass is 35.5. The molecule has 0 bridgehead atoms. The lowest BCUT2D eigenvalue weighted by molar-refractivity contribution is 0.0945. The molecule has 0 spiro atoms. The lowest BCUT2D eigenvalue weighted by Gasteiger charge is -2.01. The number of furan rings is 1. The number of aromatic nitrogens is 3. The molecule has 6 nitrogen and oxygen atoms in total. The average molecular weight is 373 g/mol. The zero-order valence-electron chi connectivity index (χ0n) is 13.2. The van der Waals surface area contributed by atoms with Crippen LogP contribution >= 0.6 is 22.9 Å². The fraction of sp³-hybridized carbons (Fsp3) is 0.118. The van der Waals surface area contributed by atoms with Crippen molar-refractivity contribution >= 4 is 34.5 Å². The number of aryl methyl sites for hydroxylation is 1. The number of rotatable bonds is 4. The van der Waals surface area contributed by atoms with Gasteiger partial charge in [0.05, 0.1) is 23.5 Å². The molecule has 1 amide bonds. The second-order valence-electron chi connectivity index (χ2n) is 5.43. The topological polar surface area (TPSA) is 72.4 Å². The molecule has 0 radical (unpaired) electrons. The Morgan fingerprint density at radius 3 is 3.00 bits per heavy atom. The molecular formula is C17H13ClN4O2S. The van der Waals surface area contributed by atoms with E-state index in [1.807, 2.05) is 29.7 Å². The third-order valence-corrected chi connectivity index (χ3v) is 4.85. The van der Waals surface area contributed by atoms with E-state index in [0.29, 0.717) is 28.0 Å². The molecule has 0 aliphatic carbocycles. The summed E-state index contributed by atoms with van der Waals surface area (Å²) in [6.07, 6.45) is 5.20. The van der Waals surface area contributed by atoms with E-state index >= 15 is 0 Å². The van der Waals surface area contributed by atoms with Crippen LogP contribution in [-0.2, 0) is 6.54 Å². The zero-order chi connectivity index (χ0) is 17.4. The number of carbonyl (C=O) groups excluding carboxylic acids is 1. The van der Waals surface area contributed by atoms with Gasteiger partial charge in [-0.15, -0.1) is 11.3 Å². The van der Waals surface area contributed by atoms with Crippen molar-refractivity contribution in [1.29, 1.82) is 0 Å². The largest absolute Gasteiger partial charge is 0.462 e. The van der Waals surface area contributed by atoms with Gasteiger partial charge in [0.1, 0.15) is 11.3 Å². The van der Waals surface area contributed by atoms with Crippen LogP contribution in [0.15, 0.2) is 47.3 Å². The van der Waals surface area contributed by atoms with Crippen molar-refractivity contribution in [3.8, 4) is 10.8 Å². The molecule has 0 unspecified atom stereocenters. The van der Waals surface area contributed by atoms with Crippen molar-refractivity contribution in [2.24, 2.45) is 0 Å². The number of hydrogen-bond donors (Lipinski definition) is 1. The van der Waals surface area contributed by atoms with Crippen molar-refractivity contribution in [1.82, 2.24) is 19.7 Å². The Labute approximate surface area is 152 Å². The number of nitrogens with zero attached hydrogens (tertiary/aromatic N) is 3. The summed E-state index contributed by atoms with van der Waals surface area (Å²) in [5.41, 5.74) is 1.93. The van der Waals surface area contributed by atoms with Crippen LogP contribution < -0.4 is 5.32 Å². The van der Waals surface area contributed by atoms with E-state index in [0.717, 1.165) is 16.2 Å². The summed E-state index contributed by atoms with van der Waals surface area (Å²) in [4.78, 5) is 22.1. The fourth-order valence-electron chi connectivity index (χ4n) is 2.47. The molecular weight excluding hydrogens is 360 g/mol. The van der Waals surface area contributed by atoms with Gasteiger partial charge in [0, 0.05) is 17.3 Å². The Morgan fingerprint density at radius 1 is 1.32 bits per heavy atom. The van der Waals surface area contributed by atoms with Gasteiger partial charge in [0.25, 0.3) is 5.91 Å². The minimum Gasteiger partial charge on any atom is -0.462 e. The van der Waals surface area contributed by atoms with Gasteiger partial charge >= 0.3 is 0 Å². The van der Waals surface area contributed by atoms with Gasteiger partial charge in [-0.25, -0.2) is 9.97 Å². The number of pyridine rings is 1. The number of fused-ring (bicyclic) bond motifs is 1. The molecule has 126 valence electrons. The Kier molecular flexibility index (Phi) is 4.03. The van der Waals surface area contributed by atoms with Crippen LogP contribution in [-0.4, -0.2) is 20.3 Å². The second-order valence-corrected chi connectivity index (χ2v) is 7.07. The van der Waals surface area contributed by atoms with Crippen molar-refractivity contribution in [2.45, 2.75) is 13.5 Å². The lowest BCUT2D eigenvalue weighted by Crippen LogP contribution is -2.24. The number of nitrogens with one attached hydrogen (secondary N) is 1. The highest BCUT2D eigenvalue weighted by Gasteiger charge is 2.17. The van der Waals surface area contributed by atoms with Gasteiger partial charge in [-0.3, -0.25) is 4.79 Å². The van der Waals surface area contributed by atoms with Crippen LogP contribution in [0.2, 0.25) is 5.02 Å². The molecule has 0 aromatic carbocycles. The van der Waals surface area contributed by atoms with E-state index in [9.17, 15) is 4.79 Å². The summed E-state index contributed by atoms with van der Waals surface area (Å²) >= 11 is 7.39. The van der Waals surface area contributed by atoms with Crippen LogP contribution in [0.5, 0.6) is 0 Å². The summed E-state index contributed by atoms with van der Waals surface area (Å²) in [7, 11) is 0. The summed E-state index contributed by atoms with van der Waals surface area (Å²) < 4.78 is 7.16. The van der Waals surface area contributed by atoms with Crippen LogP contribution in [0.25, 0.3) is 16.4 Å². The molecule has 0 atom stereocenters. The van der Waals surface area contributed by atoms with Crippen LogP contribution in [0.4, 0.5) is 0 Å². The van der Waals surface area contributed by atoms with Crippen LogP contribution in [0.3, 0.4) is 0 Å². The quantitative estimate of drug-likeness (QED) is 0.588. The smallest absolute Gasteiger partial charge is 0.271 e. The van der Waals surface area contributed by atoms with E-state index in [-0.39, 0.29) is 5.91 Å². The molecule has 0 aliphatic heterocycles. The van der Waals surface area contributed by atoms with Gasteiger partial charge < -0.3 is 14.1 Å². The number of carbonyl (C=O) groups is 1. The molecule has 0 fully saturated rings. The van der Waals surface area contributed by atoms with Gasteiger partial charge in [-0.2, -0.15) is 0 Å². The molecule has 1 N–H and O–H groups in total. The summed E-state index contributed by atoms with van der Waals surface area (Å²) in [5.74, 6) is 0.422. The Bertz CT molecular complexity index is 1050. The van der Waals surface area contributed by atoms with E-state index < -0.39 is 0 Å². The second kappa shape index (κ2) is 6.34. The monoisotopic (exact) mass is 372 g/mol. The third-order valence-electron chi connectivity index (χ3n) is 3.64. The van der Waals surface area contributed by atoms with Gasteiger partial charge in [0.15, 0.2) is 10.8 Å². The van der Waals surface area contributed by atoms with Crippen molar-refractivity contribution in [3.63, 3.8) is 0 Å². The standard InChI is InChI=1S/C17H13ClN4O2S/c1-10-15(21-17(25-10)13-3-2-6-24-13)16(23)19-7-12-9-22-8-11(18)4-5-14(22)20-12/h2-6,8-9H,7H2,1H3,(H,19,23). The first-order valence-corrected chi connectivity index (χ1v) is 8.72. The maximum atomic E-state index is 12.4. The predicted molar refractivity (Wildman–Crippen MR) is 95.9 cm³/mol. The maximum Gasteiger partial charge on any atom is 0.271 e. The Hall–Kier alpha value is -2.64. The minimum atomic E-state index is -0.235. The highest BCUT2D eigenvalue weighted by molar-refractivity contribution is 7.15. The van der Waals surface area contributed by atoms with Crippen molar-refractivity contribution < 1.29 is 9.21 Å². The SMILES string of the molecule is Cc1sc(-c2ccco2)nc1C(=O)NCc1cn2cc(Cl)ccc2n1. The molecule has 4 aromatic heterocycles. The molecule has 4 heterocycles.